The average Bonchev–Trinajstić information content (AvgIpc) is 3.40. The molecule has 1 atom stereocenters. The van der Waals surface area contributed by atoms with Gasteiger partial charge in [0.05, 0.1) is 14.8 Å². The monoisotopic (exact) mass is 443 g/mol. The van der Waals surface area contributed by atoms with E-state index < -0.39 is 5.25 Å². The molecular formula is C15H11Cl2N5OS3. The summed E-state index contributed by atoms with van der Waals surface area (Å²) in [5, 5.41) is 14.2. The molecule has 0 N–H and O–H groups in total. The maximum Gasteiger partial charge on any atom is 0.260 e. The Balaban J connectivity index is 1.69. The molecule has 4 aromatic heterocycles. The summed E-state index contributed by atoms with van der Waals surface area (Å²) in [6.45, 7) is 2.72. The Morgan fingerprint density at radius 2 is 2.19 bits per heavy atom. The van der Waals surface area contributed by atoms with Crippen molar-refractivity contribution in [2.24, 2.45) is 0 Å². The zero-order valence-corrected chi connectivity index (χ0v) is 17.3. The van der Waals surface area contributed by atoms with Gasteiger partial charge in [0.2, 0.25) is 0 Å². The summed E-state index contributed by atoms with van der Waals surface area (Å²) in [7, 11) is 0. The second kappa shape index (κ2) is 7.32. The molecule has 0 fully saturated rings. The summed E-state index contributed by atoms with van der Waals surface area (Å²) >= 11 is 19.6. The molecule has 6 nitrogen and oxygen atoms in total. The largest absolute Gasteiger partial charge is 0.334 e. The highest BCUT2D eigenvalue weighted by atomic mass is 35.5. The van der Waals surface area contributed by atoms with Gasteiger partial charge in [-0.15, -0.1) is 32.9 Å². The van der Waals surface area contributed by atoms with E-state index in [1.54, 1.807) is 17.4 Å². The standard InChI is InChI=1S/C15H11Cl2N5OS3/c1-2-22-13(8-4-3-5-25-8)19-20-14(22)10(24)12-18-15(23-21-12)7-6-9(16)26-11(7)17/h3-6,10,24H,2H2,1H3. The Hall–Kier alpha value is -1.39. The van der Waals surface area contributed by atoms with E-state index in [2.05, 4.69) is 33.0 Å². The minimum atomic E-state index is -0.485. The Bertz CT molecular complexity index is 1040. The van der Waals surface area contributed by atoms with Crippen LogP contribution in [0.5, 0.6) is 0 Å². The van der Waals surface area contributed by atoms with Crippen molar-refractivity contribution in [3.8, 4) is 22.2 Å². The van der Waals surface area contributed by atoms with Gasteiger partial charge in [0.15, 0.2) is 17.5 Å². The number of hydrogen-bond acceptors (Lipinski definition) is 8. The van der Waals surface area contributed by atoms with Crippen molar-refractivity contribution in [2.75, 3.05) is 0 Å². The van der Waals surface area contributed by atoms with Crippen LogP contribution in [0.25, 0.3) is 22.2 Å². The molecule has 4 rings (SSSR count). The van der Waals surface area contributed by atoms with Crippen LogP contribution in [-0.4, -0.2) is 24.9 Å². The summed E-state index contributed by atoms with van der Waals surface area (Å²) in [4.78, 5) is 5.45. The van der Waals surface area contributed by atoms with Gasteiger partial charge in [0, 0.05) is 6.54 Å². The molecule has 4 aromatic rings. The molecule has 1 unspecified atom stereocenters. The first-order valence-corrected chi connectivity index (χ1v) is 10.5. The van der Waals surface area contributed by atoms with Gasteiger partial charge < -0.3 is 9.09 Å². The van der Waals surface area contributed by atoms with Crippen molar-refractivity contribution in [2.45, 2.75) is 18.7 Å². The van der Waals surface area contributed by atoms with Gasteiger partial charge in [-0.3, -0.25) is 0 Å². The molecule has 0 amide bonds. The van der Waals surface area contributed by atoms with Gasteiger partial charge in [-0.2, -0.15) is 17.6 Å². The Morgan fingerprint density at radius 3 is 2.85 bits per heavy atom. The molecule has 0 aromatic carbocycles. The number of thiol groups is 1. The fourth-order valence-corrected chi connectivity index (χ4v) is 4.94. The zero-order chi connectivity index (χ0) is 18.3. The first-order chi connectivity index (χ1) is 12.6. The third kappa shape index (κ3) is 3.18. The molecular weight excluding hydrogens is 433 g/mol. The highest BCUT2D eigenvalue weighted by molar-refractivity contribution is 7.80. The number of hydrogen-bond donors (Lipinski definition) is 1. The molecule has 0 spiro atoms. The van der Waals surface area contributed by atoms with Crippen LogP contribution < -0.4 is 0 Å². The van der Waals surface area contributed by atoms with E-state index in [1.807, 2.05) is 29.0 Å². The molecule has 0 radical (unpaired) electrons. The van der Waals surface area contributed by atoms with Crippen LogP contribution in [0.3, 0.4) is 0 Å². The van der Waals surface area contributed by atoms with E-state index in [4.69, 9.17) is 27.7 Å². The molecule has 0 aliphatic rings. The van der Waals surface area contributed by atoms with E-state index in [9.17, 15) is 0 Å². The van der Waals surface area contributed by atoms with Crippen LogP contribution >= 0.6 is 58.5 Å². The highest BCUT2D eigenvalue weighted by Crippen LogP contribution is 2.38. The first-order valence-electron chi connectivity index (χ1n) is 7.52. The molecule has 4 heterocycles. The van der Waals surface area contributed by atoms with Crippen LogP contribution in [0.2, 0.25) is 8.67 Å². The fraction of sp³-hybridized carbons (Fsp3) is 0.200. The smallest absolute Gasteiger partial charge is 0.260 e. The summed E-state index contributed by atoms with van der Waals surface area (Å²) < 4.78 is 8.38. The van der Waals surface area contributed by atoms with E-state index in [-0.39, 0.29) is 0 Å². The molecule has 0 saturated heterocycles. The summed E-state index contributed by atoms with van der Waals surface area (Å²) in [6.07, 6.45) is 0. The summed E-state index contributed by atoms with van der Waals surface area (Å²) in [5.74, 6) is 2.14. The minimum absolute atomic E-state index is 0.299. The van der Waals surface area contributed by atoms with Crippen LogP contribution in [0.1, 0.15) is 23.8 Å². The predicted octanol–water partition coefficient (Wildman–Crippen LogP) is 5.46. The molecule has 26 heavy (non-hydrogen) atoms. The normalized spacial score (nSPS) is 12.6. The van der Waals surface area contributed by atoms with Crippen molar-refractivity contribution in [3.63, 3.8) is 0 Å². The lowest BCUT2D eigenvalue weighted by molar-refractivity contribution is 0.423. The van der Waals surface area contributed by atoms with Crippen molar-refractivity contribution >= 4 is 58.5 Å². The lowest BCUT2D eigenvalue weighted by Crippen LogP contribution is -2.07. The molecule has 0 aliphatic carbocycles. The van der Waals surface area contributed by atoms with E-state index in [1.165, 1.54) is 11.3 Å². The predicted molar refractivity (Wildman–Crippen MR) is 107 cm³/mol. The quantitative estimate of drug-likeness (QED) is 0.414. The van der Waals surface area contributed by atoms with Crippen molar-refractivity contribution < 1.29 is 4.52 Å². The maximum atomic E-state index is 6.16. The van der Waals surface area contributed by atoms with Gasteiger partial charge in [-0.05, 0) is 24.4 Å². The number of aromatic nitrogens is 5. The van der Waals surface area contributed by atoms with E-state index >= 15 is 0 Å². The van der Waals surface area contributed by atoms with Crippen molar-refractivity contribution in [1.82, 2.24) is 24.9 Å². The Kier molecular flexibility index (Phi) is 5.07. The molecule has 134 valence electrons. The molecule has 0 saturated carbocycles. The third-order valence-corrected chi connectivity index (χ3v) is 6.47. The molecule has 11 heteroatoms. The number of nitrogens with zero attached hydrogens (tertiary/aromatic N) is 5. The Labute approximate surface area is 172 Å². The SMILES string of the molecule is CCn1c(-c2cccs2)nnc1C(S)c1noc(-c2cc(Cl)sc2Cl)n1. The average molecular weight is 444 g/mol. The Morgan fingerprint density at radius 1 is 1.35 bits per heavy atom. The fourth-order valence-electron chi connectivity index (χ4n) is 2.47. The molecule has 0 bridgehead atoms. The third-order valence-electron chi connectivity index (χ3n) is 3.66. The van der Waals surface area contributed by atoms with E-state index in [0.717, 1.165) is 10.7 Å². The van der Waals surface area contributed by atoms with E-state index in [0.29, 0.717) is 38.3 Å². The lowest BCUT2D eigenvalue weighted by Gasteiger charge is -2.09. The zero-order valence-electron chi connectivity index (χ0n) is 13.3. The van der Waals surface area contributed by atoms with Gasteiger partial charge in [-0.25, -0.2) is 0 Å². The van der Waals surface area contributed by atoms with Gasteiger partial charge in [-0.1, -0.05) is 34.4 Å². The number of halogens is 2. The van der Waals surface area contributed by atoms with Crippen LogP contribution in [-0.2, 0) is 6.54 Å². The second-order valence-corrected chi connectivity index (χ2v) is 8.95. The summed E-state index contributed by atoms with van der Waals surface area (Å²) in [5.41, 5.74) is 0.609. The number of rotatable bonds is 5. The minimum Gasteiger partial charge on any atom is -0.334 e. The van der Waals surface area contributed by atoms with Gasteiger partial charge in [0.25, 0.3) is 5.89 Å². The highest BCUT2D eigenvalue weighted by Gasteiger charge is 2.25. The van der Waals surface area contributed by atoms with Crippen LogP contribution in [0.15, 0.2) is 28.1 Å². The van der Waals surface area contributed by atoms with Crippen molar-refractivity contribution in [1.29, 1.82) is 0 Å². The topological polar surface area (TPSA) is 69.6 Å². The molecule has 0 aliphatic heterocycles. The lowest BCUT2D eigenvalue weighted by atomic mass is 10.3. The van der Waals surface area contributed by atoms with Crippen molar-refractivity contribution in [3.05, 3.63) is 43.9 Å². The van der Waals surface area contributed by atoms with Crippen LogP contribution in [0, 0.1) is 0 Å². The maximum absolute atomic E-state index is 6.16. The summed E-state index contributed by atoms with van der Waals surface area (Å²) in [6, 6.07) is 5.68. The second-order valence-electron chi connectivity index (χ2n) is 5.20. The van der Waals surface area contributed by atoms with Gasteiger partial charge >= 0.3 is 0 Å². The first kappa shape index (κ1) is 18.0. The van der Waals surface area contributed by atoms with Crippen LogP contribution in [0.4, 0.5) is 0 Å². The number of thiophene rings is 2. The van der Waals surface area contributed by atoms with Gasteiger partial charge in [0.1, 0.15) is 9.59 Å².